The van der Waals surface area contributed by atoms with Gasteiger partial charge in [-0.05, 0) is 43.4 Å². The van der Waals surface area contributed by atoms with E-state index < -0.39 is 0 Å². The van der Waals surface area contributed by atoms with Crippen molar-refractivity contribution >= 4 is 0 Å². The van der Waals surface area contributed by atoms with Crippen molar-refractivity contribution in [3.63, 3.8) is 0 Å². The summed E-state index contributed by atoms with van der Waals surface area (Å²) in [5.74, 6) is 1.58. The highest BCUT2D eigenvalue weighted by atomic mass is 16.5. The van der Waals surface area contributed by atoms with Crippen LogP contribution in [-0.2, 0) is 15.9 Å². The number of morpholine rings is 1. The third kappa shape index (κ3) is 5.12. The highest BCUT2D eigenvalue weighted by Gasteiger charge is 2.31. The van der Waals surface area contributed by atoms with Gasteiger partial charge in [-0.3, -0.25) is 4.90 Å². The fourth-order valence-corrected chi connectivity index (χ4v) is 4.15. The summed E-state index contributed by atoms with van der Waals surface area (Å²) in [5.41, 5.74) is 1.26. The minimum Gasteiger partial charge on any atom is -0.493 e. The molecule has 3 rings (SSSR count). The number of aryl methyl sites for hydroxylation is 1. The first-order valence-corrected chi connectivity index (χ1v) is 9.96. The number of benzene rings is 1. The number of nitrogens with zero attached hydrogens (tertiary/aromatic N) is 1. The zero-order chi connectivity index (χ0) is 18.2. The number of rotatable bonds is 8. The molecule has 0 aromatic heterocycles. The number of hydrogen-bond donors (Lipinski definition) is 0. The first-order chi connectivity index (χ1) is 12.8. The lowest BCUT2D eigenvalue weighted by atomic mass is 9.91. The van der Waals surface area contributed by atoms with Gasteiger partial charge in [-0.2, -0.15) is 0 Å². The highest BCUT2D eigenvalue weighted by Crippen LogP contribution is 2.29. The van der Waals surface area contributed by atoms with Crippen LogP contribution < -0.4 is 9.47 Å². The molecule has 0 bridgehead atoms. The Morgan fingerprint density at radius 3 is 2.58 bits per heavy atom. The Kier molecular flexibility index (Phi) is 7.59. The van der Waals surface area contributed by atoms with E-state index in [-0.39, 0.29) is 0 Å². The highest BCUT2D eigenvalue weighted by molar-refractivity contribution is 5.42. The largest absolute Gasteiger partial charge is 0.493 e. The van der Waals surface area contributed by atoms with Gasteiger partial charge in [0.25, 0.3) is 0 Å². The maximum Gasteiger partial charge on any atom is 0.160 e. The molecule has 1 aliphatic heterocycles. The van der Waals surface area contributed by atoms with Crippen molar-refractivity contribution in [2.75, 3.05) is 47.1 Å². The smallest absolute Gasteiger partial charge is 0.160 e. The third-order valence-electron chi connectivity index (χ3n) is 5.57. The minimum absolute atomic E-state index is 0.382. The van der Waals surface area contributed by atoms with Crippen molar-refractivity contribution in [3.8, 4) is 11.5 Å². The number of ether oxygens (including phenoxy) is 4. The molecule has 5 nitrogen and oxygen atoms in total. The molecule has 1 unspecified atom stereocenters. The molecule has 1 aliphatic carbocycles. The Hall–Kier alpha value is -1.30. The average Bonchev–Trinajstić information content (AvgIpc) is 2.72. The lowest BCUT2D eigenvalue weighted by molar-refractivity contribution is -0.0657. The van der Waals surface area contributed by atoms with Crippen LogP contribution in [0.1, 0.15) is 37.7 Å². The molecule has 146 valence electrons. The molecule has 2 fully saturated rings. The molecular weight excluding hydrogens is 330 g/mol. The molecule has 0 spiro atoms. The van der Waals surface area contributed by atoms with E-state index in [0.29, 0.717) is 12.1 Å². The molecule has 1 saturated heterocycles. The van der Waals surface area contributed by atoms with E-state index in [0.717, 1.165) is 57.3 Å². The summed E-state index contributed by atoms with van der Waals surface area (Å²) >= 11 is 0. The molecule has 0 N–H and O–H groups in total. The van der Waals surface area contributed by atoms with Gasteiger partial charge >= 0.3 is 0 Å². The second-order valence-electron chi connectivity index (χ2n) is 7.20. The van der Waals surface area contributed by atoms with Gasteiger partial charge in [0.15, 0.2) is 11.5 Å². The maximum atomic E-state index is 6.33. The van der Waals surface area contributed by atoms with E-state index >= 15 is 0 Å². The predicted molar refractivity (Wildman–Crippen MR) is 102 cm³/mol. The fourth-order valence-electron chi connectivity index (χ4n) is 4.15. The minimum atomic E-state index is 0.382. The third-order valence-corrected chi connectivity index (χ3v) is 5.57. The van der Waals surface area contributed by atoms with E-state index in [9.17, 15) is 0 Å². The van der Waals surface area contributed by atoms with Crippen LogP contribution in [0.5, 0.6) is 11.5 Å². The number of hydrogen-bond acceptors (Lipinski definition) is 5. The Morgan fingerprint density at radius 1 is 1.04 bits per heavy atom. The summed E-state index contributed by atoms with van der Waals surface area (Å²) in [4.78, 5) is 2.58. The zero-order valence-electron chi connectivity index (χ0n) is 16.2. The van der Waals surface area contributed by atoms with Crippen LogP contribution in [0.4, 0.5) is 0 Å². The van der Waals surface area contributed by atoms with Crippen molar-refractivity contribution < 1.29 is 18.9 Å². The topological polar surface area (TPSA) is 40.2 Å². The van der Waals surface area contributed by atoms with Crippen LogP contribution in [0.3, 0.4) is 0 Å². The van der Waals surface area contributed by atoms with E-state index in [2.05, 4.69) is 17.0 Å². The summed E-state index contributed by atoms with van der Waals surface area (Å²) in [7, 11) is 3.35. The van der Waals surface area contributed by atoms with Crippen molar-refractivity contribution in [1.82, 2.24) is 4.90 Å². The van der Waals surface area contributed by atoms with Gasteiger partial charge in [0.1, 0.15) is 0 Å². The molecule has 0 radical (unpaired) electrons. The van der Waals surface area contributed by atoms with Crippen LogP contribution in [0.2, 0.25) is 0 Å². The SMILES string of the molecule is COc1ccc(CCCO[C@H]2CCCCC2N2CCOCC2)cc1OC. The van der Waals surface area contributed by atoms with Crippen molar-refractivity contribution in [1.29, 1.82) is 0 Å². The summed E-state index contributed by atoms with van der Waals surface area (Å²) in [6.45, 7) is 4.65. The van der Waals surface area contributed by atoms with Gasteiger partial charge < -0.3 is 18.9 Å². The standard InChI is InChI=1S/C21H33NO4/c1-23-20-10-9-17(16-21(20)24-2)6-5-13-26-19-8-4-3-7-18(19)22-11-14-25-15-12-22/h9-10,16,18-19H,3-8,11-15H2,1-2H3/t18?,19-/m0/s1. The Morgan fingerprint density at radius 2 is 1.81 bits per heavy atom. The van der Waals surface area contributed by atoms with Gasteiger partial charge in [-0.15, -0.1) is 0 Å². The summed E-state index contributed by atoms with van der Waals surface area (Å²) in [6.07, 6.45) is 7.48. The second kappa shape index (κ2) is 10.1. The van der Waals surface area contributed by atoms with Crippen LogP contribution in [0, 0.1) is 0 Å². The van der Waals surface area contributed by atoms with Gasteiger partial charge in [0, 0.05) is 25.7 Å². The van der Waals surface area contributed by atoms with E-state index in [1.165, 1.54) is 31.2 Å². The van der Waals surface area contributed by atoms with Crippen LogP contribution in [-0.4, -0.2) is 64.2 Å². The molecule has 5 heteroatoms. The first-order valence-electron chi connectivity index (χ1n) is 9.96. The summed E-state index contributed by atoms with van der Waals surface area (Å²) < 4.78 is 22.5. The monoisotopic (exact) mass is 363 g/mol. The maximum absolute atomic E-state index is 6.33. The fraction of sp³-hybridized carbons (Fsp3) is 0.714. The molecule has 1 heterocycles. The molecule has 1 saturated carbocycles. The van der Waals surface area contributed by atoms with Crippen molar-refractivity contribution in [3.05, 3.63) is 23.8 Å². The molecular formula is C21H33NO4. The lowest BCUT2D eigenvalue weighted by Crippen LogP contribution is -2.51. The summed E-state index contributed by atoms with van der Waals surface area (Å²) in [6, 6.07) is 6.73. The molecule has 26 heavy (non-hydrogen) atoms. The van der Waals surface area contributed by atoms with Crippen molar-refractivity contribution in [2.45, 2.75) is 50.7 Å². The average molecular weight is 363 g/mol. The van der Waals surface area contributed by atoms with Gasteiger partial charge in [-0.1, -0.05) is 18.9 Å². The Bertz CT molecular complexity index is 545. The van der Waals surface area contributed by atoms with Gasteiger partial charge in [-0.25, -0.2) is 0 Å². The van der Waals surface area contributed by atoms with E-state index in [1.54, 1.807) is 14.2 Å². The van der Waals surface area contributed by atoms with Crippen LogP contribution in [0.25, 0.3) is 0 Å². The lowest BCUT2D eigenvalue weighted by Gasteiger charge is -2.41. The van der Waals surface area contributed by atoms with Crippen molar-refractivity contribution in [2.24, 2.45) is 0 Å². The molecule has 2 atom stereocenters. The predicted octanol–water partition coefficient (Wildman–Crippen LogP) is 3.30. The van der Waals surface area contributed by atoms with E-state index in [4.69, 9.17) is 18.9 Å². The normalized spacial score (nSPS) is 24.4. The van der Waals surface area contributed by atoms with E-state index in [1.807, 2.05) is 6.07 Å². The Labute approximate surface area is 157 Å². The summed E-state index contributed by atoms with van der Waals surface area (Å²) in [5, 5.41) is 0. The first kappa shape index (κ1) is 19.5. The van der Waals surface area contributed by atoms with Gasteiger partial charge in [0.05, 0.1) is 33.5 Å². The Balaban J connectivity index is 1.46. The number of methoxy groups -OCH3 is 2. The molecule has 1 aromatic rings. The zero-order valence-corrected chi connectivity index (χ0v) is 16.2. The molecule has 0 amide bonds. The molecule has 1 aromatic carbocycles. The van der Waals surface area contributed by atoms with Crippen LogP contribution in [0.15, 0.2) is 18.2 Å². The second-order valence-corrected chi connectivity index (χ2v) is 7.20. The quantitative estimate of drug-likeness (QED) is 0.663. The van der Waals surface area contributed by atoms with Gasteiger partial charge in [0.2, 0.25) is 0 Å². The molecule has 2 aliphatic rings. The van der Waals surface area contributed by atoms with Crippen LogP contribution >= 0.6 is 0 Å².